The highest BCUT2D eigenvalue weighted by molar-refractivity contribution is 9.10. The molecule has 1 aromatic carbocycles. The number of nitrogen functional groups attached to an aromatic ring is 1. The number of aryl methyl sites for hydroxylation is 1. The monoisotopic (exact) mass is 420 g/mol. The van der Waals surface area contributed by atoms with Crippen molar-refractivity contribution in [1.82, 2.24) is 19.7 Å². The average Bonchev–Trinajstić information content (AvgIpc) is 2.95. The fourth-order valence-electron chi connectivity index (χ4n) is 2.61. The molecule has 0 aliphatic heterocycles. The normalized spacial score (nSPS) is 10.9. The van der Waals surface area contributed by atoms with Crippen LogP contribution in [0.25, 0.3) is 5.69 Å². The Morgan fingerprint density at radius 3 is 2.76 bits per heavy atom. The Bertz CT molecular complexity index is 908. The molecule has 3 rings (SSSR count). The van der Waals surface area contributed by atoms with Crippen LogP contribution in [0.4, 0.5) is 17.5 Å². The average molecular weight is 422 g/mol. The number of nitrogens with zero attached hydrogens (tertiary/aromatic N) is 4. The van der Waals surface area contributed by atoms with Gasteiger partial charge in [-0.1, -0.05) is 43.1 Å². The predicted octanol–water partition coefficient (Wildman–Crippen LogP) is 4.66. The maximum Gasteiger partial charge on any atom is 0.223 e. The lowest BCUT2D eigenvalue weighted by atomic mass is 10.1. The van der Waals surface area contributed by atoms with Crippen LogP contribution in [0.5, 0.6) is 0 Å². The predicted molar refractivity (Wildman–Crippen MR) is 105 cm³/mol. The third kappa shape index (κ3) is 3.62. The van der Waals surface area contributed by atoms with Crippen molar-refractivity contribution >= 4 is 45.0 Å². The minimum Gasteiger partial charge on any atom is -0.368 e. The molecule has 3 aromatic rings. The zero-order valence-corrected chi connectivity index (χ0v) is 16.3. The molecule has 0 aliphatic rings. The Balaban J connectivity index is 2.05. The molecule has 2 heterocycles. The van der Waals surface area contributed by atoms with Crippen LogP contribution >= 0.6 is 27.5 Å². The lowest BCUT2D eigenvalue weighted by molar-refractivity contribution is 0.772. The molecule has 25 heavy (non-hydrogen) atoms. The number of hydrogen-bond donors (Lipinski definition) is 2. The van der Waals surface area contributed by atoms with Gasteiger partial charge in [-0.3, -0.25) is 0 Å². The summed E-state index contributed by atoms with van der Waals surface area (Å²) in [6, 6.07) is 8.15. The molecule has 6 nitrogen and oxygen atoms in total. The van der Waals surface area contributed by atoms with Gasteiger partial charge in [-0.15, -0.1) is 0 Å². The first-order valence-corrected chi connectivity index (χ1v) is 9.06. The first-order valence-electron chi connectivity index (χ1n) is 7.89. The number of para-hydroxylation sites is 1. The second-order valence-corrected chi connectivity index (χ2v) is 6.76. The van der Waals surface area contributed by atoms with Crippen LogP contribution in [-0.2, 0) is 6.42 Å². The summed E-state index contributed by atoms with van der Waals surface area (Å²) in [5, 5.41) is 8.10. The van der Waals surface area contributed by atoms with Crippen molar-refractivity contribution in [3.8, 4) is 5.69 Å². The number of aromatic nitrogens is 4. The summed E-state index contributed by atoms with van der Waals surface area (Å²) in [5.74, 6) is 0.623. The van der Waals surface area contributed by atoms with Crippen LogP contribution < -0.4 is 11.1 Å². The highest BCUT2D eigenvalue weighted by atomic mass is 79.9. The minimum atomic E-state index is 0.110. The van der Waals surface area contributed by atoms with Crippen LogP contribution in [0.1, 0.15) is 24.6 Å². The zero-order valence-electron chi connectivity index (χ0n) is 13.9. The second-order valence-electron chi connectivity index (χ2n) is 5.61. The molecule has 0 fully saturated rings. The maximum absolute atomic E-state index is 6.07. The van der Waals surface area contributed by atoms with Crippen LogP contribution in [0.2, 0.25) is 5.15 Å². The fourth-order valence-corrected chi connectivity index (χ4v) is 3.06. The third-order valence-electron chi connectivity index (χ3n) is 3.78. The van der Waals surface area contributed by atoms with E-state index in [-0.39, 0.29) is 11.1 Å². The molecule has 0 bridgehead atoms. The van der Waals surface area contributed by atoms with E-state index in [2.05, 4.69) is 62.3 Å². The molecule has 0 spiro atoms. The summed E-state index contributed by atoms with van der Waals surface area (Å²) in [6.07, 6.45) is 3.64. The summed E-state index contributed by atoms with van der Waals surface area (Å²) in [4.78, 5) is 8.14. The Kier molecular flexibility index (Phi) is 5.24. The topological polar surface area (TPSA) is 81.7 Å². The molecular formula is C17H18BrClN6. The summed E-state index contributed by atoms with van der Waals surface area (Å²) < 4.78 is 2.52. The van der Waals surface area contributed by atoms with Crippen molar-refractivity contribution in [3.63, 3.8) is 0 Å². The molecule has 3 N–H and O–H groups in total. The highest BCUT2D eigenvalue weighted by Gasteiger charge is 2.16. The summed E-state index contributed by atoms with van der Waals surface area (Å²) in [5.41, 5.74) is 9.85. The van der Waals surface area contributed by atoms with Crippen LogP contribution in [0.3, 0.4) is 0 Å². The van der Waals surface area contributed by atoms with Gasteiger partial charge in [-0.2, -0.15) is 15.1 Å². The van der Waals surface area contributed by atoms with Crippen LogP contribution in [0.15, 0.2) is 34.9 Å². The molecule has 0 amide bonds. The standard InChI is InChI=1S/C17H18BrClN6/c1-3-6-13-11(22-16-14(18)15(19)23-17(20)24-16)9-21-25(13)12-8-5-4-7-10(12)2/h4-5,7-9H,3,6H2,1-2H3,(H3,20,22,23,24). The first-order chi connectivity index (χ1) is 12.0. The van der Waals surface area contributed by atoms with Crippen molar-refractivity contribution in [2.24, 2.45) is 0 Å². The van der Waals surface area contributed by atoms with Crippen molar-refractivity contribution in [2.75, 3.05) is 11.1 Å². The van der Waals surface area contributed by atoms with Crippen molar-refractivity contribution < 1.29 is 0 Å². The number of anilines is 3. The number of halogens is 2. The summed E-state index contributed by atoms with van der Waals surface area (Å²) in [7, 11) is 0. The van der Waals surface area contributed by atoms with E-state index in [0.717, 1.165) is 35.5 Å². The van der Waals surface area contributed by atoms with Crippen LogP contribution in [0, 0.1) is 6.92 Å². The Morgan fingerprint density at radius 2 is 2.04 bits per heavy atom. The van der Waals surface area contributed by atoms with Gasteiger partial charge >= 0.3 is 0 Å². The van der Waals surface area contributed by atoms with Gasteiger partial charge in [0.25, 0.3) is 0 Å². The highest BCUT2D eigenvalue weighted by Crippen LogP contribution is 2.32. The van der Waals surface area contributed by atoms with Gasteiger partial charge in [0, 0.05) is 0 Å². The molecule has 0 saturated heterocycles. The van der Waals surface area contributed by atoms with Gasteiger partial charge in [0.15, 0.2) is 11.0 Å². The number of benzene rings is 1. The fraction of sp³-hybridized carbons (Fsp3) is 0.235. The molecule has 0 saturated carbocycles. The Hall–Kier alpha value is -2.12. The van der Waals surface area contributed by atoms with Gasteiger partial charge in [0.2, 0.25) is 5.95 Å². The Morgan fingerprint density at radius 1 is 1.28 bits per heavy atom. The minimum absolute atomic E-state index is 0.110. The van der Waals surface area contributed by atoms with Crippen molar-refractivity contribution in [3.05, 3.63) is 51.3 Å². The molecule has 130 valence electrons. The molecular weight excluding hydrogens is 404 g/mol. The van der Waals surface area contributed by atoms with Crippen LogP contribution in [-0.4, -0.2) is 19.7 Å². The van der Waals surface area contributed by atoms with E-state index in [0.29, 0.717) is 10.3 Å². The summed E-state index contributed by atoms with van der Waals surface area (Å²) in [6.45, 7) is 4.20. The van der Waals surface area contributed by atoms with Crippen molar-refractivity contribution in [1.29, 1.82) is 0 Å². The Labute approximate surface area is 159 Å². The second kappa shape index (κ2) is 7.41. The molecule has 0 atom stereocenters. The van der Waals surface area contributed by atoms with E-state index in [4.69, 9.17) is 17.3 Å². The van der Waals surface area contributed by atoms with Gasteiger partial charge in [-0.25, -0.2) is 4.68 Å². The van der Waals surface area contributed by atoms with E-state index in [9.17, 15) is 0 Å². The first kappa shape index (κ1) is 17.7. The van der Waals surface area contributed by atoms with Gasteiger partial charge in [0.1, 0.15) is 0 Å². The number of nitrogens with two attached hydrogens (primary N) is 1. The number of hydrogen-bond acceptors (Lipinski definition) is 5. The lowest BCUT2D eigenvalue weighted by Crippen LogP contribution is -2.06. The largest absolute Gasteiger partial charge is 0.368 e. The summed E-state index contributed by atoms with van der Waals surface area (Å²) >= 11 is 9.47. The van der Waals surface area contributed by atoms with E-state index < -0.39 is 0 Å². The molecule has 0 aliphatic carbocycles. The smallest absolute Gasteiger partial charge is 0.223 e. The lowest BCUT2D eigenvalue weighted by Gasteiger charge is -2.13. The van der Waals surface area contributed by atoms with E-state index >= 15 is 0 Å². The number of nitrogens with one attached hydrogen (secondary N) is 1. The van der Waals surface area contributed by atoms with Gasteiger partial charge < -0.3 is 11.1 Å². The zero-order chi connectivity index (χ0) is 18.0. The van der Waals surface area contributed by atoms with E-state index in [1.807, 2.05) is 16.8 Å². The molecule has 2 aromatic heterocycles. The SMILES string of the molecule is CCCc1c(Nc2nc(N)nc(Cl)c2Br)cnn1-c1ccccc1C. The van der Waals surface area contributed by atoms with Gasteiger partial charge in [-0.05, 0) is 40.9 Å². The number of rotatable bonds is 5. The maximum atomic E-state index is 6.07. The van der Waals surface area contributed by atoms with Gasteiger partial charge in [0.05, 0.1) is 27.7 Å². The molecule has 8 heteroatoms. The van der Waals surface area contributed by atoms with E-state index in [1.54, 1.807) is 6.20 Å². The molecule has 0 radical (unpaired) electrons. The van der Waals surface area contributed by atoms with Crippen molar-refractivity contribution in [2.45, 2.75) is 26.7 Å². The molecule has 0 unspecified atom stereocenters. The van der Waals surface area contributed by atoms with E-state index in [1.165, 1.54) is 0 Å². The third-order valence-corrected chi connectivity index (χ3v) is 5.03. The quantitative estimate of drug-likeness (QED) is 0.585.